The summed E-state index contributed by atoms with van der Waals surface area (Å²) in [4.78, 5) is 0. The Morgan fingerprint density at radius 3 is 2.54 bits per heavy atom. The summed E-state index contributed by atoms with van der Waals surface area (Å²) in [5.41, 5.74) is 0.928. The van der Waals surface area contributed by atoms with Gasteiger partial charge in [-0.25, -0.2) is 21.6 Å². The Labute approximate surface area is 144 Å². The topological polar surface area (TPSA) is 92.8 Å². The zero-order valence-corrected chi connectivity index (χ0v) is 15.4. The van der Waals surface area contributed by atoms with Crippen molar-refractivity contribution in [3.05, 3.63) is 35.9 Å². The number of hydrogen-bond acceptors (Lipinski definition) is 5. The molecule has 9 heteroatoms. The smallest absolute Gasteiger partial charge is 0.215 e. The van der Waals surface area contributed by atoms with E-state index in [0.717, 1.165) is 5.56 Å². The number of benzene rings is 1. The molecule has 0 spiro atoms. The average molecular weight is 377 g/mol. The van der Waals surface area contributed by atoms with Gasteiger partial charge in [-0.15, -0.1) is 0 Å². The van der Waals surface area contributed by atoms with Crippen molar-refractivity contribution in [1.82, 2.24) is 9.03 Å². The Hall–Kier alpha value is -1.00. The average Bonchev–Trinajstić information content (AvgIpc) is 2.54. The number of ether oxygens (including phenoxy) is 1. The molecule has 1 aliphatic rings. The molecule has 1 aromatic rings. The van der Waals surface area contributed by atoms with Crippen LogP contribution in [0.1, 0.15) is 12.5 Å². The van der Waals surface area contributed by atoms with Gasteiger partial charge in [-0.2, -0.15) is 4.31 Å². The van der Waals surface area contributed by atoms with Crippen LogP contribution in [0.15, 0.2) is 30.3 Å². The molecule has 1 atom stereocenters. The van der Waals surface area contributed by atoms with Crippen LogP contribution in [0.3, 0.4) is 0 Å². The second-order valence-corrected chi connectivity index (χ2v) is 9.77. The fourth-order valence-corrected chi connectivity index (χ4v) is 5.29. The zero-order valence-electron chi connectivity index (χ0n) is 13.7. The van der Waals surface area contributed by atoms with Gasteiger partial charge in [-0.05, 0) is 18.9 Å². The molecule has 7 nitrogen and oxygen atoms in total. The first-order valence-electron chi connectivity index (χ1n) is 7.89. The fourth-order valence-electron chi connectivity index (χ4n) is 2.54. The second-order valence-electron chi connectivity index (χ2n) is 5.80. The molecular formula is C15H24N2O5S2. The first kappa shape index (κ1) is 19.3. The van der Waals surface area contributed by atoms with Gasteiger partial charge in [0.25, 0.3) is 0 Å². The predicted octanol–water partition coefficient (Wildman–Crippen LogP) is 0.199. The largest absolute Gasteiger partial charge is 0.378 e. The molecule has 1 fully saturated rings. The summed E-state index contributed by atoms with van der Waals surface area (Å²) in [6.07, 6.45) is 0.392. The van der Waals surface area contributed by atoms with Crippen molar-refractivity contribution in [3.8, 4) is 0 Å². The number of nitrogens with zero attached hydrogens (tertiary/aromatic N) is 1. The van der Waals surface area contributed by atoms with Crippen LogP contribution < -0.4 is 4.72 Å². The Balaban J connectivity index is 1.81. The van der Waals surface area contributed by atoms with Crippen LogP contribution in [0.5, 0.6) is 0 Å². The zero-order chi connectivity index (χ0) is 17.6. The van der Waals surface area contributed by atoms with Crippen LogP contribution in [-0.2, 0) is 31.2 Å². The Bertz CT molecular complexity index is 719. The van der Waals surface area contributed by atoms with E-state index >= 15 is 0 Å². The Kier molecular flexibility index (Phi) is 6.76. The van der Waals surface area contributed by atoms with Crippen molar-refractivity contribution in [2.45, 2.75) is 19.4 Å². The maximum Gasteiger partial charge on any atom is 0.215 e. The molecule has 0 bridgehead atoms. The molecule has 24 heavy (non-hydrogen) atoms. The minimum Gasteiger partial charge on any atom is -0.378 e. The van der Waals surface area contributed by atoms with E-state index in [4.69, 9.17) is 4.74 Å². The molecule has 0 aromatic heterocycles. The molecule has 1 saturated heterocycles. The Morgan fingerprint density at radius 2 is 1.88 bits per heavy atom. The highest BCUT2D eigenvalue weighted by atomic mass is 32.2. The van der Waals surface area contributed by atoms with Gasteiger partial charge in [0.05, 0.1) is 24.7 Å². The summed E-state index contributed by atoms with van der Waals surface area (Å²) in [7, 11) is -7.00. The van der Waals surface area contributed by atoms with Gasteiger partial charge in [0.1, 0.15) is 0 Å². The van der Waals surface area contributed by atoms with Gasteiger partial charge in [-0.1, -0.05) is 30.3 Å². The van der Waals surface area contributed by atoms with Crippen molar-refractivity contribution in [1.29, 1.82) is 0 Å². The standard InChI is InChI=1S/C15H24N2O5S2/c1-14-13-22-10-9-17(14)24(20,21)12-8-16-23(18,19)11-7-15-5-3-2-4-6-15/h2-6,14,16H,7-13H2,1H3. The third kappa shape index (κ3) is 5.82. The highest BCUT2D eigenvalue weighted by Gasteiger charge is 2.29. The van der Waals surface area contributed by atoms with Crippen molar-refractivity contribution >= 4 is 20.0 Å². The minimum absolute atomic E-state index is 0.0645. The molecule has 0 aliphatic carbocycles. The number of nitrogens with one attached hydrogen (secondary N) is 1. The molecule has 1 unspecified atom stereocenters. The third-order valence-electron chi connectivity index (χ3n) is 3.85. The first-order valence-corrected chi connectivity index (χ1v) is 11.1. The predicted molar refractivity (Wildman–Crippen MR) is 92.7 cm³/mol. The second kappa shape index (κ2) is 8.39. The highest BCUT2D eigenvalue weighted by Crippen LogP contribution is 2.12. The van der Waals surface area contributed by atoms with Gasteiger partial charge >= 0.3 is 0 Å². The van der Waals surface area contributed by atoms with Crippen LogP contribution in [0, 0.1) is 0 Å². The lowest BCUT2D eigenvalue weighted by Crippen LogP contribution is -2.49. The fraction of sp³-hybridized carbons (Fsp3) is 0.600. The quantitative estimate of drug-likeness (QED) is 0.700. The highest BCUT2D eigenvalue weighted by molar-refractivity contribution is 7.90. The molecule has 136 valence electrons. The van der Waals surface area contributed by atoms with Crippen LogP contribution in [-0.4, -0.2) is 65.0 Å². The summed E-state index contributed by atoms with van der Waals surface area (Å²) >= 11 is 0. The monoisotopic (exact) mass is 376 g/mol. The van der Waals surface area contributed by atoms with E-state index in [1.54, 1.807) is 6.92 Å². The maximum absolute atomic E-state index is 12.3. The SMILES string of the molecule is CC1COCCN1S(=O)(=O)CCNS(=O)(=O)CCc1ccccc1. The lowest BCUT2D eigenvalue weighted by molar-refractivity contribution is 0.0393. The van der Waals surface area contributed by atoms with Gasteiger partial charge in [0.2, 0.25) is 20.0 Å². The molecule has 0 radical (unpaired) electrons. The van der Waals surface area contributed by atoms with E-state index < -0.39 is 20.0 Å². The molecule has 1 N–H and O–H groups in total. The number of hydrogen-bond donors (Lipinski definition) is 1. The van der Waals surface area contributed by atoms with Gasteiger partial charge < -0.3 is 4.74 Å². The number of rotatable bonds is 8. The first-order chi connectivity index (χ1) is 11.3. The summed E-state index contributed by atoms with van der Waals surface area (Å²) in [5, 5.41) is 0. The van der Waals surface area contributed by atoms with E-state index in [1.807, 2.05) is 30.3 Å². The minimum atomic E-state index is -3.50. The summed E-state index contributed by atoms with van der Waals surface area (Å²) in [6, 6.07) is 9.07. The summed E-state index contributed by atoms with van der Waals surface area (Å²) in [5.74, 6) is -0.313. The molecule has 0 amide bonds. The molecule has 1 aliphatic heterocycles. The summed E-state index contributed by atoms with van der Waals surface area (Å²) < 4.78 is 57.6. The molecule has 0 saturated carbocycles. The van der Waals surface area contributed by atoms with E-state index in [9.17, 15) is 16.8 Å². The Morgan fingerprint density at radius 1 is 1.17 bits per heavy atom. The van der Waals surface area contributed by atoms with E-state index in [1.165, 1.54) is 4.31 Å². The molecule has 2 rings (SSSR count). The molecule has 1 aromatic carbocycles. The maximum atomic E-state index is 12.3. The van der Waals surface area contributed by atoms with Crippen LogP contribution >= 0.6 is 0 Å². The van der Waals surface area contributed by atoms with Crippen molar-refractivity contribution in [3.63, 3.8) is 0 Å². The van der Waals surface area contributed by atoms with E-state index in [2.05, 4.69) is 4.72 Å². The van der Waals surface area contributed by atoms with Gasteiger partial charge in [0, 0.05) is 19.1 Å². The van der Waals surface area contributed by atoms with Crippen molar-refractivity contribution < 1.29 is 21.6 Å². The lowest BCUT2D eigenvalue weighted by atomic mass is 10.2. The van der Waals surface area contributed by atoms with Crippen molar-refractivity contribution in [2.24, 2.45) is 0 Å². The van der Waals surface area contributed by atoms with Crippen molar-refractivity contribution in [2.75, 3.05) is 37.8 Å². The number of sulfonamides is 2. The van der Waals surface area contributed by atoms with Crippen LogP contribution in [0.2, 0.25) is 0 Å². The molecular weight excluding hydrogens is 352 g/mol. The normalized spacial score (nSPS) is 20.1. The lowest BCUT2D eigenvalue weighted by Gasteiger charge is -2.32. The van der Waals surface area contributed by atoms with Gasteiger partial charge in [-0.3, -0.25) is 0 Å². The van der Waals surface area contributed by atoms with Crippen LogP contribution in [0.25, 0.3) is 0 Å². The van der Waals surface area contributed by atoms with Gasteiger partial charge in [0.15, 0.2) is 0 Å². The summed E-state index contributed by atoms with van der Waals surface area (Å²) in [6.45, 7) is 2.70. The number of aryl methyl sites for hydroxylation is 1. The molecule has 1 heterocycles. The number of morpholine rings is 1. The third-order valence-corrected chi connectivity index (χ3v) is 7.21. The van der Waals surface area contributed by atoms with Crippen LogP contribution in [0.4, 0.5) is 0 Å². The van der Waals surface area contributed by atoms with E-state index in [0.29, 0.717) is 26.2 Å². The van der Waals surface area contributed by atoms with E-state index in [-0.39, 0.29) is 24.1 Å².